The van der Waals surface area contributed by atoms with E-state index in [0.717, 1.165) is 38.5 Å². The topological polar surface area (TPSA) is 57.6 Å². The van der Waals surface area contributed by atoms with Crippen molar-refractivity contribution in [2.75, 3.05) is 6.54 Å². The van der Waals surface area contributed by atoms with E-state index >= 15 is 0 Å². The molecule has 0 heterocycles. The van der Waals surface area contributed by atoms with Crippen LogP contribution in [0.5, 0.6) is 0 Å². The van der Waals surface area contributed by atoms with Crippen LogP contribution in [0.3, 0.4) is 0 Å². The van der Waals surface area contributed by atoms with Crippen LogP contribution in [0.15, 0.2) is 0 Å². The molecule has 2 fully saturated rings. The smallest absolute Gasteiger partial charge is 0.217 e. The molecule has 0 aromatic rings. The van der Waals surface area contributed by atoms with Gasteiger partial charge in [-0.15, -0.1) is 0 Å². The minimum Gasteiger partial charge on any atom is -0.392 e. The van der Waals surface area contributed by atoms with Crippen molar-refractivity contribution in [3.63, 3.8) is 0 Å². The summed E-state index contributed by atoms with van der Waals surface area (Å²) < 4.78 is 26.3. The third-order valence-corrected chi connectivity index (χ3v) is 6.11. The molecule has 4 nitrogen and oxygen atoms in total. The minimum atomic E-state index is -3.15. The van der Waals surface area contributed by atoms with Gasteiger partial charge in [0.2, 0.25) is 10.0 Å². The second-order valence-corrected chi connectivity index (χ2v) is 7.62. The molecule has 100 valence electrons. The molecule has 1 N–H and O–H groups in total. The molecule has 0 amide bonds. The van der Waals surface area contributed by atoms with Gasteiger partial charge in [-0.3, -0.25) is 0 Å². The Balaban J connectivity index is 2.11. The first-order valence-corrected chi connectivity index (χ1v) is 8.21. The lowest BCUT2D eigenvalue weighted by molar-refractivity contribution is 0.136. The zero-order valence-electron chi connectivity index (χ0n) is 10.5. The zero-order chi connectivity index (χ0) is 12.5. The summed E-state index contributed by atoms with van der Waals surface area (Å²) in [5.41, 5.74) is 0. The van der Waals surface area contributed by atoms with Crippen molar-refractivity contribution in [2.24, 2.45) is 0 Å². The van der Waals surface area contributed by atoms with Gasteiger partial charge < -0.3 is 5.11 Å². The van der Waals surface area contributed by atoms with Gasteiger partial charge in [-0.1, -0.05) is 19.3 Å². The fourth-order valence-corrected chi connectivity index (χ4v) is 4.81. The van der Waals surface area contributed by atoms with Crippen LogP contribution in [0.2, 0.25) is 0 Å². The van der Waals surface area contributed by atoms with Gasteiger partial charge in [-0.2, -0.15) is 4.31 Å². The molecule has 2 rings (SSSR count). The van der Waals surface area contributed by atoms with E-state index in [1.54, 1.807) is 11.2 Å². The molecule has 2 aliphatic carbocycles. The Bertz CT molecular complexity index is 343. The third-order valence-electron chi connectivity index (χ3n) is 3.70. The van der Waals surface area contributed by atoms with Gasteiger partial charge in [-0.05, 0) is 32.6 Å². The van der Waals surface area contributed by atoms with Crippen molar-refractivity contribution >= 4 is 10.0 Å². The maximum absolute atomic E-state index is 12.3. The van der Waals surface area contributed by atoms with Gasteiger partial charge in [0, 0.05) is 12.6 Å². The Morgan fingerprint density at radius 2 is 1.76 bits per heavy atom. The van der Waals surface area contributed by atoms with Gasteiger partial charge >= 0.3 is 0 Å². The summed E-state index contributed by atoms with van der Waals surface area (Å²) in [6.07, 6.45) is 6.37. The van der Waals surface area contributed by atoms with Crippen molar-refractivity contribution in [2.45, 2.75) is 69.3 Å². The van der Waals surface area contributed by atoms with Crippen LogP contribution < -0.4 is 0 Å². The molecule has 0 saturated heterocycles. The minimum absolute atomic E-state index is 0.129. The predicted molar refractivity (Wildman–Crippen MR) is 67.2 cm³/mol. The van der Waals surface area contributed by atoms with Crippen molar-refractivity contribution in [3.8, 4) is 0 Å². The molecule has 0 aromatic heterocycles. The molecule has 0 spiro atoms. The molecular formula is C12H23NO3S. The average molecular weight is 261 g/mol. The summed E-state index contributed by atoms with van der Waals surface area (Å²) in [5.74, 6) is 0. The Kier molecular flexibility index (Phi) is 4.10. The summed E-state index contributed by atoms with van der Waals surface area (Å²) >= 11 is 0. The van der Waals surface area contributed by atoms with Gasteiger partial charge in [0.15, 0.2) is 0 Å². The van der Waals surface area contributed by atoms with E-state index in [4.69, 9.17) is 0 Å². The first-order chi connectivity index (χ1) is 8.01. The summed E-state index contributed by atoms with van der Waals surface area (Å²) in [5, 5.41) is 9.35. The van der Waals surface area contributed by atoms with Crippen molar-refractivity contribution in [1.29, 1.82) is 0 Å². The van der Waals surface area contributed by atoms with E-state index in [1.807, 2.05) is 0 Å². The van der Waals surface area contributed by atoms with Crippen molar-refractivity contribution < 1.29 is 13.5 Å². The van der Waals surface area contributed by atoms with Crippen LogP contribution in [0.25, 0.3) is 0 Å². The van der Waals surface area contributed by atoms with E-state index < -0.39 is 16.1 Å². The largest absolute Gasteiger partial charge is 0.392 e. The molecule has 0 aromatic carbocycles. The highest BCUT2D eigenvalue weighted by Crippen LogP contribution is 2.34. The average Bonchev–Trinajstić information content (AvgIpc) is 3.10. The number of nitrogens with zero attached hydrogens (tertiary/aromatic N) is 1. The Hall–Kier alpha value is -0.130. The molecule has 5 heteroatoms. The zero-order valence-corrected chi connectivity index (χ0v) is 11.3. The molecule has 2 aliphatic rings. The van der Waals surface area contributed by atoms with Crippen molar-refractivity contribution in [3.05, 3.63) is 0 Å². The fraction of sp³-hybridized carbons (Fsp3) is 1.00. The Morgan fingerprint density at radius 1 is 1.18 bits per heavy atom. The first kappa shape index (κ1) is 13.3. The first-order valence-electron chi connectivity index (χ1n) is 6.70. The summed E-state index contributed by atoms with van der Waals surface area (Å²) in [7, 11) is -3.15. The Morgan fingerprint density at radius 3 is 2.24 bits per heavy atom. The van der Waals surface area contributed by atoms with E-state index in [9.17, 15) is 13.5 Å². The molecule has 2 saturated carbocycles. The summed E-state index contributed by atoms with van der Waals surface area (Å²) in [6, 6.07) is 0.129. The fourth-order valence-electron chi connectivity index (χ4n) is 2.65. The van der Waals surface area contributed by atoms with E-state index in [-0.39, 0.29) is 17.8 Å². The molecule has 0 radical (unpaired) electrons. The summed E-state index contributed by atoms with van der Waals surface area (Å²) in [6.45, 7) is 1.93. The third kappa shape index (κ3) is 3.20. The van der Waals surface area contributed by atoms with Crippen LogP contribution in [0, 0.1) is 0 Å². The van der Waals surface area contributed by atoms with Gasteiger partial charge in [0.25, 0.3) is 0 Å². The Labute approximate surface area is 104 Å². The maximum atomic E-state index is 12.3. The monoisotopic (exact) mass is 261 g/mol. The summed E-state index contributed by atoms with van der Waals surface area (Å²) in [4.78, 5) is 0. The van der Waals surface area contributed by atoms with Crippen LogP contribution in [0.4, 0.5) is 0 Å². The molecule has 17 heavy (non-hydrogen) atoms. The number of hydrogen-bond acceptors (Lipinski definition) is 3. The normalized spacial score (nSPS) is 25.1. The van der Waals surface area contributed by atoms with E-state index in [1.165, 1.54) is 6.42 Å². The number of sulfonamides is 1. The van der Waals surface area contributed by atoms with Gasteiger partial charge in [0.1, 0.15) is 0 Å². The quantitative estimate of drug-likeness (QED) is 0.816. The standard InChI is InChI=1S/C12H23NO3S/c1-10(14)9-13(11-5-3-2-4-6-11)17(15,16)12-7-8-12/h10-12,14H,2-9H2,1H3/t10-/m0/s1. The number of hydrogen-bond donors (Lipinski definition) is 1. The maximum Gasteiger partial charge on any atom is 0.217 e. The van der Waals surface area contributed by atoms with Gasteiger partial charge in [-0.25, -0.2) is 8.42 Å². The lowest BCUT2D eigenvalue weighted by Gasteiger charge is -2.34. The van der Waals surface area contributed by atoms with Crippen LogP contribution in [0.1, 0.15) is 51.9 Å². The van der Waals surface area contributed by atoms with E-state index in [0.29, 0.717) is 0 Å². The van der Waals surface area contributed by atoms with Gasteiger partial charge in [0.05, 0.1) is 11.4 Å². The van der Waals surface area contributed by atoms with Crippen LogP contribution >= 0.6 is 0 Å². The highest BCUT2D eigenvalue weighted by molar-refractivity contribution is 7.90. The van der Waals surface area contributed by atoms with Crippen molar-refractivity contribution in [1.82, 2.24) is 4.31 Å². The molecule has 1 atom stereocenters. The van der Waals surface area contributed by atoms with Crippen LogP contribution in [-0.4, -0.2) is 41.8 Å². The molecule has 0 aliphatic heterocycles. The lowest BCUT2D eigenvalue weighted by Crippen LogP contribution is -2.46. The second-order valence-electron chi connectivity index (χ2n) is 5.45. The highest BCUT2D eigenvalue weighted by Gasteiger charge is 2.43. The van der Waals surface area contributed by atoms with E-state index in [2.05, 4.69) is 0 Å². The lowest BCUT2D eigenvalue weighted by atomic mass is 9.95. The predicted octanol–water partition coefficient (Wildman–Crippen LogP) is 1.49. The number of rotatable bonds is 5. The second kappa shape index (κ2) is 5.24. The molecular weight excluding hydrogens is 238 g/mol. The van der Waals surface area contributed by atoms with Crippen LogP contribution in [-0.2, 0) is 10.0 Å². The molecule has 0 bridgehead atoms. The SMILES string of the molecule is C[C@H](O)CN(C1CCCCC1)S(=O)(=O)C1CC1. The highest BCUT2D eigenvalue weighted by atomic mass is 32.2. The number of aliphatic hydroxyl groups is 1. The molecule has 0 unspecified atom stereocenters. The number of aliphatic hydroxyl groups excluding tert-OH is 1.